The van der Waals surface area contributed by atoms with E-state index < -0.39 is 5.60 Å². The van der Waals surface area contributed by atoms with Gasteiger partial charge in [0, 0.05) is 31.5 Å². The number of aromatic nitrogens is 2. The van der Waals surface area contributed by atoms with E-state index in [0.29, 0.717) is 13.1 Å². The Labute approximate surface area is 133 Å². The number of carbonyl (C=O) groups is 1. The fraction of sp³-hybridized carbons (Fsp3) is 0.750. The van der Waals surface area contributed by atoms with E-state index in [-0.39, 0.29) is 12.1 Å². The predicted octanol–water partition coefficient (Wildman–Crippen LogP) is 2.69. The van der Waals surface area contributed by atoms with Crippen LogP contribution in [0.4, 0.5) is 4.79 Å². The number of rotatable bonds is 8. The number of nitrogens with zero attached hydrogens (tertiary/aromatic N) is 2. The molecule has 22 heavy (non-hydrogen) atoms. The minimum absolute atomic E-state index is 0.0458. The second kappa shape index (κ2) is 8.78. The monoisotopic (exact) mass is 310 g/mol. The minimum atomic E-state index is -0.472. The van der Waals surface area contributed by atoms with Gasteiger partial charge in [0.05, 0.1) is 6.54 Å². The van der Waals surface area contributed by atoms with E-state index >= 15 is 0 Å². The molecule has 2 N–H and O–H groups in total. The third kappa shape index (κ3) is 6.93. The molecule has 1 heterocycles. The van der Waals surface area contributed by atoms with E-state index in [2.05, 4.69) is 27.1 Å². The van der Waals surface area contributed by atoms with E-state index in [1.807, 2.05) is 40.1 Å². The van der Waals surface area contributed by atoms with Crippen LogP contribution in [-0.2, 0) is 17.8 Å². The van der Waals surface area contributed by atoms with Crippen molar-refractivity contribution in [3.8, 4) is 0 Å². The van der Waals surface area contributed by atoms with Crippen molar-refractivity contribution in [2.75, 3.05) is 6.54 Å². The Morgan fingerprint density at radius 2 is 2.14 bits per heavy atom. The molecule has 0 saturated heterocycles. The van der Waals surface area contributed by atoms with Crippen molar-refractivity contribution >= 4 is 6.09 Å². The summed E-state index contributed by atoms with van der Waals surface area (Å²) in [6.45, 7) is 12.1. The number of ether oxygens (including phenoxy) is 1. The predicted molar refractivity (Wildman–Crippen MR) is 87.7 cm³/mol. The molecule has 0 spiro atoms. The Morgan fingerprint density at radius 3 is 2.73 bits per heavy atom. The van der Waals surface area contributed by atoms with Gasteiger partial charge in [0.25, 0.3) is 0 Å². The van der Waals surface area contributed by atoms with Crippen LogP contribution in [0.2, 0.25) is 0 Å². The van der Waals surface area contributed by atoms with Gasteiger partial charge in [-0.1, -0.05) is 13.8 Å². The highest BCUT2D eigenvalue weighted by Gasteiger charge is 2.18. The van der Waals surface area contributed by atoms with Crippen LogP contribution in [0.15, 0.2) is 12.4 Å². The van der Waals surface area contributed by atoms with E-state index in [1.54, 1.807) is 0 Å². The van der Waals surface area contributed by atoms with Crippen molar-refractivity contribution in [3.63, 3.8) is 0 Å². The zero-order valence-electron chi connectivity index (χ0n) is 14.5. The fourth-order valence-electron chi connectivity index (χ4n) is 2.08. The summed E-state index contributed by atoms with van der Waals surface area (Å²) in [5.74, 6) is 1.02. The van der Waals surface area contributed by atoms with E-state index in [9.17, 15) is 4.79 Å². The van der Waals surface area contributed by atoms with Gasteiger partial charge < -0.3 is 19.9 Å². The fourth-order valence-corrected chi connectivity index (χ4v) is 2.08. The third-order valence-corrected chi connectivity index (χ3v) is 3.15. The first kappa shape index (κ1) is 18.5. The van der Waals surface area contributed by atoms with Crippen LogP contribution in [0, 0.1) is 0 Å². The summed E-state index contributed by atoms with van der Waals surface area (Å²) in [4.78, 5) is 16.1. The SMILES string of the molecule is CCCn1ccnc1CNCC(CC)NC(=O)OC(C)(C)C. The van der Waals surface area contributed by atoms with Crippen molar-refractivity contribution in [2.45, 2.75) is 72.2 Å². The van der Waals surface area contributed by atoms with Crippen molar-refractivity contribution < 1.29 is 9.53 Å². The van der Waals surface area contributed by atoms with Crippen LogP contribution in [0.5, 0.6) is 0 Å². The number of carbonyl (C=O) groups excluding carboxylic acids is 1. The number of amides is 1. The summed E-state index contributed by atoms with van der Waals surface area (Å²) < 4.78 is 7.43. The van der Waals surface area contributed by atoms with Gasteiger partial charge in [-0.3, -0.25) is 0 Å². The number of alkyl carbamates (subject to hydrolysis) is 1. The normalized spacial score (nSPS) is 13.0. The second-order valence-electron chi connectivity index (χ2n) is 6.42. The number of hydrogen-bond acceptors (Lipinski definition) is 4. The maximum atomic E-state index is 11.8. The molecule has 6 heteroatoms. The van der Waals surface area contributed by atoms with E-state index in [4.69, 9.17) is 4.74 Å². The standard InChI is InChI=1S/C16H30N4O2/c1-6-9-20-10-8-18-14(20)12-17-11-13(7-2)19-15(21)22-16(3,4)5/h8,10,13,17H,6-7,9,11-12H2,1-5H3,(H,19,21). The largest absolute Gasteiger partial charge is 0.444 e. The zero-order valence-corrected chi connectivity index (χ0v) is 14.5. The number of aryl methyl sites for hydroxylation is 1. The van der Waals surface area contributed by atoms with Gasteiger partial charge in [-0.25, -0.2) is 9.78 Å². The van der Waals surface area contributed by atoms with Crippen molar-refractivity contribution in [3.05, 3.63) is 18.2 Å². The molecular weight excluding hydrogens is 280 g/mol. The molecule has 0 bridgehead atoms. The summed E-state index contributed by atoms with van der Waals surface area (Å²) in [6.07, 6.45) is 5.38. The highest BCUT2D eigenvalue weighted by molar-refractivity contribution is 5.68. The van der Waals surface area contributed by atoms with Crippen LogP contribution in [-0.4, -0.2) is 33.8 Å². The minimum Gasteiger partial charge on any atom is -0.444 e. The van der Waals surface area contributed by atoms with Crippen LogP contribution >= 0.6 is 0 Å². The molecular formula is C16H30N4O2. The molecule has 1 amide bonds. The third-order valence-electron chi connectivity index (χ3n) is 3.15. The average Bonchev–Trinajstić information content (AvgIpc) is 2.83. The van der Waals surface area contributed by atoms with Gasteiger partial charge in [0.1, 0.15) is 11.4 Å². The molecule has 1 aromatic rings. The lowest BCUT2D eigenvalue weighted by Crippen LogP contribution is -2.44. The summed E-state index contributed by atoms with van der Waals surface area (Å²) in [5.41, 5.74) is -0.472. The molecule has 0 aromatic carbocycles. The van der Waals surface area contributed by atoms with Gasteiger partial charge in [0.15, 0.2) is 0 Å². The highest BCUT2D eigenvalue weighted by atomic mass is 16.6. The van der Waals surface area contributed by atoms with E-state index in [1.165, 1.54) is 0 Å². The summed E-state index contributed by atoms with van der Waals surface area (Å²) in [7, 11) is 0. The maximum Gasteiger partial charge on any atom is 0.407 e. The van der Waals surface area contributed by atoms with E-state index in [0.717, 1.165) is 25.2 Å². The first-order chi connectivity index (χ1) is 10.4. The smallest absolute Gasteiger partial charge is 0.407 e. The molecule has 1 aromatic heterocycles. The molecule has 0 fully saturated rings. The van der Waals surface area contributed by atoms with Crippen molar-refractivity contribution in [2.24, 2.45) is 0 Å². The zero-order chi connectivity index (χ0) is 16.6. The Bertz CT molecular complexity index is 451. The quantitative estimate of drug-likeness (QED) is 0.774. The molecule has 1 rings (SSSR count). The Hall–Kier alpha value is -1.56. The summed E-state index contributed by atoms with van der Waals surface area (Å²) >= 11 is 0. The van der Waals surface area contributed by atoms with Gasteiger partial charge in [-0.05, 0) is 33.6 Å². The average molecular weight is 310 g/mol. The van der Waals surface area contributed by atoms with Crippen molar-refractivity contribution in [1.82, 2.24) is 20.2 Å². The number of imidazole rings is 1. The molecule has 0 saturated carbocycles. The molecule has 0 aliphatic carbocycles. The molecule has 0 aliphatic heterocycles. The molecule has 1 atom stereocenters. The molecule has 6 nitrogen and oxygen atoms in total. The first-order valence-corrected chi connectivity index (χ1v) is 8.06. The maximum absolute atomic E-state index is 11.8. The second-order valence-corrected chi connectivity index (χ2v) is 6.42. The number of nitrogens with one attached hydrogen (secondary N) is 2. The van der Waals surface area contributed by atoms with Gasteiger partial charge in [-0.2, -0.15) is 0 Å². The van der Waals surface area contributed by atoms with Crippen molar-refractivity contribution in [1.29, 1.82) is 0 Å². The van der Waals surface area contributed by atoms with Crippen LogP contribution < -0.4 is 10.6 Å². The first-order valence-electron chi connectivity index (χ1n) is 8.06. The highest BCUT2D eigenvalue weighted by Crippen LogP contribution is 2.07. The van der Waals surface area contributed by atoms with Gasteiger partial charge >= 0.3 is 6.09 Å². The Kier molecular flexibility index (Phi) is 7.38. The van der Waals surface area contributed by atoms with Crippen LogP contribution in [0.3, 0.4) is 0 Å². The van der Waals surface area contributed by atoms with Crippen LogP contribution in [0.25, 0.3) is 0 Å². The molecule has 126 valence electrons. The molecule has 0 radical (unpaired) electrons. The molecule has 1 unspecified atom stereocenters. The lowest BCUT2D eigenvalue weighted by atomic mass is 10.2. The summed E-state index contributed by atoms with van der Waals surface area (Å²) in [5, 5.41) is 6.24. The topological polar surface area (TPSA) is 68.2 Å². The number of hydrogen-bond donors (Lipinski definition) is 2. The lowest BCUT2D eigenvalue weighted by Gasteiger charge is -2.23. The van der Waals surface area contributed by atoms with Gasteiger partial charge in [0.2, 0.25) is 0 Å². The lowest BCUT2D eigenvalue weighted by molar-refractivity contribution is 0.0502. The van der Waals surface area contributed by atoms with Gasteiger partial charge in [-0.15, -0.1) is 0 Å². The Morgan fingerprint density at radius 1 is 1.41 bits per heavy atom. The summed E-state index contributed by atoms with van der Waals surface area (Å²) in [6, 6.07) is 0.0458. The molecule has 0 aliphatic rings. The van der Waals surface area contributed by atoms with Crippen LogP contribution in [0.1, 0.15) is 53.3 Å². The Balaban J connectivity index is 2.37.